The number of nitrogens with two attached hydrogens (primary N) is 1. The van der Waals surface area contributed by atoms with Crippen molar-refractivity contribution in [1.82, 2.24) is 10.2 Å². The maximum Gasteiger partial charge on any atom is 0.296 e. The Kier molecular flexibility index (Phi) is 3.25. The molecule has 7 nitrogen and oxygen atoms in total. The highest BCUT2D eigenvalue weighted by molar-refractivity contribution is 6.10. The van der Waals surface area contributed by atoms with E-state index in [1.807, 2.05) is 12.1 Å². The molecule has 0 bridgehead atoms. The molecule has 1 unspecified atom stereocenters. The van der Waals surface area contributed by atoms with Gasteiger partial charge < -0.3 is 11.1 Å². The zero-order valence-electron chi connectivity index (χ0n) is 12.0. The molecule has 0 aliphatic carbocycles. The molecule has 0 saturated heterocycles. The van der Waals surface area contributed by atoms with Crippen molar-refractivity contribution < 1.29 is 9.59 Å². The number of nitrogens with zero attached hydrogens (tertiary/aromatic N) is 3. The van der Waals surface area contributed by atoms with E-state index in [0.717, 1.165) is 5.56 Å². The van der Waals surface area contributed by atoms with Crippen molar-refractivity contribution in [2.45, 2.75) is 19.0 Å². The Morgan fingerprint density at radius 3 is 2.77 bits per heavy atom. The van der Waals surface area contributed by atoms with E-state index in [0.29, 0.717) is 5.69 Å². The summed E-state index contributed by atoms with van der Waals surface area (Å²) < 4.78 is 0. The summed E-state index contributed by atoms with van der Waals surface area (Å²) in [4.78, 5) is 33.7. The molecule has 7 heteroatoms. The quantitative estimate of drug-likeness (QED) is 0.791. The predicted octanol–water partition coefficient (Wildman–Crippen LogP) is 0.440. The van der Waals surface area contributed by atoms with Crippen molar-refractivity contribution in [2.24, 2.45) is 9.98 Å². The van der Waals surface area contributed by atoms with Crippen LogP contribution < -0.4 is 11.1 Å². The Bertz CT molecular complexity index is 720. The lowest BCUT2D eigenvalue weighted by Crippen LogP contribution is -2.62. The molecule has 2 aliphatic rings. The number of nitrogens with one attached hydrogen (secondary N) is 1. The molecule has 0 fully saturated rings. The first kappa shape index (κ1) is 14.0. The van der Waals surface area contributed by atoms with E-state index in [4.69, 9.17) is 5.73 Å². The Balaban J connectivity index is 2.00. The first-order valence-corrected chi connectivity index (χ1v) is 6.78. The number of hydrogen-bond donors (Lipinski definition) is 2. The summed E-state index contributed by atoms with van der Waals surface area (Å²) in [6, 6.07) is 7.15. The van der Waals surface area contributed by atoms with E-state index in [2.05, 4.69) is 15.3 Å². The summed E-state index contributed by atoms with van der Waals surface area (Å²) in [6.07, 6.45) is 5.19. The highest BCUT2D eigenvalue weighted by Gasteiger charge is 2.51. The fourth-order valence-corrected chi connectivity index (χ4v) is 2.57. The third-order valence-corrected chi connectivity index (χ3v) is 3.52. The number of allylic oxidation sites excluding steroid dienone is 1. The largest absolute Gasteiger partial charge is 0.399 e. The minimum absolute atomic E-state index is 0.262. The zero-order valence-corrected chi connectivity index (χ0v) is 12.0. The molecule has 0 radical (unpaired) electrons. The standard InChI is InChI=1S/C15H15N5O2/c1-10(21)19-15(9-11-3-5-12(16)6-4-11)13(22)18-14-17-7-2-8-20(14)15/h2-8H,9,16H2,1H3,(H,19,21). The van der Waals surface area contributed by atoms with Crippen LogP contribution in [0.4, 0.5) is 5.69 Å². The van der Waals surface area contributed by atoms with Crippen molar-refractivity contribution >= 4 is 29.7 Å². The van der Waals surface area contributed by atoms with Crippen LogP contribution in [0.25, 0.3) is 0 Å². The predicted molar refractivity (Wildman–Crippen MR) is 83.0 cm³/mol. The minimum atomic E-state index is -1.29. The number of hydrogen-bond acceptors (Lipinski definition) is 5. The summed E-state index contributed by atoms with van der Waals surface area (Å²) in [5.74, 6) is -0.488. The zero-order chi connectivity index (χ0) is 15.7. The van der Waals surface area contributed by atoms with Crippen LogP contribution in [-0.4, -0.2) is 34.6 Å². The molecule has 1 aromatic carbocycles. The van der Waals surface area contributed by atoms with Crippen LogP contribution in [-0.2, 0) is 16.0 Å². The monoisotopic (exact) mass is 297 g/mol. The first-order chi connectivity index (χ1) is 10.5. The minimum Gasteiger partial charge on any atom is -0.399 e. The molecule has 2 aliphatic heterocycles. The van der Waals surface area contributed by atoms with Crippen molar-refractivity contribution in [3.63, 3.8) is 0 Å². The number of carbonyl (C=O) groups is 2. The van der Waals surface area contributed by atoms with Crippen molar-refractivity contribution in [1.29, 1.82) is 0 Å². The van der Waals surface area contributed by atoms with Gasteiger partial charge in [-0.2, -0.15) is 4.99 Å². The number of benzene rings is 1. The van der Waals surface area contributed by atoms with Gasteiger partial charge in [0.05, 0.1) is 0 Å². The third kappa shape index (κ3) is 2.26. The molecule has 2 amide bonds. The second-order valence-corrected chi connectivity index (χ2v) is 5.17. The molecule has 0 spiro atoms. The lowest BCUT2D eigenvalue weighted by Gasteiger charge is -2.36. The fraction of sp³-hybridized carbons (Fsp3) is 0.200. The van der Waals surface area contributed by atoms with Gasteiger partial charge in [0, 0.05) is 31.4 Å². The van der Waals surface area contributed by atoms with Crippen LogP contribution in [0.2, 0.25) is 0 Å². The topological polar surface area (TPSA) is 100 Å². The van der Waals surface area contributed by atoms with E-state index in [9.17, 15) is 9.59 Å². The number of rotatable bonds is 3. The molecular formula is C15H15N5O2. The Hall–Kier alpha value is -2.96. The molecule has 22 heavy (non-hydrogen) atoms. The Morgan fingerprint density at radius 2 is 2.09 bits per heavy atom. The number of aliphatic imine (C=N–C) groups is 2. The lowest BCUT2D eigenvalue weighted by molar-refractivity contribution is -0.133. The third-order valence-electron chi connectivity index (χ3n) is 3.52. The SMILES string of the molecule is CC(=O)NC1(Cc2ccc(N)cc2)C(=O)N=C2N=CC=CN21. The molecule has 1 atom stereocenters. The molecule has 0 saturated carbocycles. The number of anilines is 1. The number of guanidine groups is 1. The molecule has 1 aromatic rings. The number of amides is 2. The van der Waals surface area contributed by atoms with Crippen LogP contribution >= 0.6 is 0 Å². The summed E-state index contributed by atoms with van der Waals surface area (Å²) in [6.45, 7) is 1.37. The summed E-state index contributed by atoms with van der Waals surface area (Å²) >= 11 is 0. The maximum absolute atomic E-state index is 12.5. The van der Waals surface area contributed by atoms with Gasteiger partial charge in [-0.15, -0.1) is 0 Å². The van der Waals surface area contributed by atoms with Gasteiger partial charge in [-0.3, -0.25) is 14.5 Å². The molecular weight excluding hydrogens is 282 g/mol. The average molecular weight is 297 g/mol. The van der Waals surface area contributed by atoms with Crippen LogP contribution in [0, 0.1) is 0 Å². The van der Waals surface area contributed by atoms with E-state index in [-0.39, 0.29) is 18.3 Å². The van der Waals surface area contributed by atoms with Crippen LogP contribution in [0.15, 0.2) is 46.5 Å². The van der Waals surface area contributed by atoms with Crippen LogP contribution in [0.1, 0.15) is 12.5 Å². The Morgan fingerprint density at radius 1 is 1.36 bits per heavy atom. The highest BCUT2D eigenvalue weighted by Crippen LogP contribution is 2.28. The normalized spacial score (nSPS) is 22.5. The van der Waals surface area contributed by atoms with Gasteiger partial charge in [0.25, 0.3) is 5.91 Å². The molecule has 112 valence electrons. The van der Waals surface area contributed by atoms with Crippen molar-refractivity contribution in [3.05, 3.63) is 42.1 Å². The second kappa shape index (κ2) is 5.10. The maximum atomic E-state index is 12.5. The van der Waals surface area contributed by atoms with Crippen LogP contribution in [0.3, 0.4) is 0 Å². The van der Waals surface area contributed by atoms with E-state index >= 15 is 0 Å². The summed E-state index contributed by atoms with van der Waals surface area (Å²) in [5, 5.41) is 2.73. The molecule has 0 aromatic heterocycles. The van der Waals surface area contributed by atoms with E-state index < -0.39 is 11.6 Å². The van der Waals surface area contributed by atoms with Gasteiger partial charge in [-0.25, -0.2) is 4.99 Å². The van der Waals surface area contributed by atoms with E-state index in [1.54, 1.807) is 35.5 Å². The highest BCUT2D eigenvalue weighted by atomic mass is 16.2. The first-order valence-electron chi connectivity index (χ1n) is 6.78. The van der Waals surface area contributed by atoms with Crippen molar-refractivity contribution in [3.8, 4) is 0 Å². The van der Waals surface area contributed by atoms with Crippen LogP contribution in [0.5, 0.6) is 0 Å². The number of carbonyl (C=O) groups excluding carboxylic acids is 2. The van der Waals surface area contributed by atoms with Gasteiger partial charge in [0.2, 0.25) is 17.5 Å². The second-order valence-electron chi connectivity index (χ2n) is 5.17. The van der Waals surface area contributed by atoms with Crippen molar-refractivity contribution in [2.75, 3.05) is 5.73 Å². The molecule has 3 N–H and O–H groups in total. The van der Waals surface area contributed by atoms with E-state index in [1.165, 1.54) is 6.92 Å². The fourth-order valence-electron chi connectivity index (χ4n) is 2.57. The van der Waals surface area contributed by atoms with Gasteiger partial charge in [0.15, 0.2) is 0 Å². The summed E-state index contributed by atoms with van der Waals surface area (Å²) in [7, 11) is 0. The number of nitrogen functional groups attached to an aromatic ring is 1. The smallest absolute Gasteiger partial charge is 0.296 e. The van der Waals surface area contributed by atoms with Gasteiger partial charge in [-0.05, 0) is 23.8 Å². The van der Waals surface area contributed by atoms with Gasteiger partial charge in [-0.1, -0.05) is 12.1 Å². The lowest BCUT2D eigenvalue weighted by atomic mass is 9.97. The average Bonchev–Trinajstić information content (AvgIpc) is 2.74. The number of fused-ring (bicyclic) bond motifs is 1. The van der Waals surface area contributed by atoms with Gasteiger partial charge >= 0.3 is 0 Å². The summed E-state index contributed by atoms with van der Waals surface area (Å²) in [5.41, 5.74) is 5.89. The molecule has 2 heterocycles. The Labute approximate surface area is 127 Å². The van der Waals surface area contributed by atoms with Gasteiger partial charge in [0.1, 0.15) is 0 Å². The molecule has 3 rings (SSSR count).